The minimum Gasteiger partial charge on any atom is -0.493 e. The lowest BCUT2D eigenvalue weighted by Crippen LogP contribution is -2.02. The molecule has 33 heavy (non-hydrogen) atoms. The third-order valence-corrected chi connectivity index (χ3v) is 4.84. The van der Waals surface area contributed by atoms with Crippen molar-refractivity contribution < 1.29 is 18.8 Å². The highest BCUT2D eigenvalue weighted by Crippen LogP contribution is 2.35. The van der Waals surface area contributed by atoms with E-state index in [1.165, 1.54) is 31.4 Å². The Morgan fingerprint density at radius 3 is 2.58 bits per heavy atom. The molecule has 6 nitrogen and oxygen atoms in total. The molecule has 0 atom stereocenters. The Morgan fingerprint density at radius 1 is 1.21 bits per heavy atom. The monoisotopic (exact) mass is 444 g/mol. The van der Waals surface area contributed by atoms with Gasteiger partial charge >= 0.3 is 0 Å². The molecule has 3 aromatic rings. The molecule has 0 aliphatic rings. The lowest BCUT2D eigenvalue weighted by molar-refractivity contribution is -0.384. The summed E-state index contributed by atoms with van der Waals surface area (Å²) in [7, 11) is 1.51. The predicted molar refractivity (Wildman–Crippen MR) is 124 cm³/mol. The highest BCUT2D eigenvalue weighted by molar-refractivity contribution is 5.90. The molecule has 0 N–H and O–H groups in total. The summed E-state index contributed by atoms with van der Waals surface area (Å²) in [6, 6.07) is 17.6. The van der Waals surface area contributed by atoms with E-state index in [0.29, 0.717) is 34.6 Å². The van der Waals surface area contributed by atoms with Gasteiger partial charge in [-0.15, -0.1) is 6.58 Å². The fraction of sp³-hybridized carbons (Fsp3) is 0.115. The maximum atomic E-state index is 13.6. The van der Waals surface area contributed by atoms with Crippen LogP contribution in [0.15, 0.2) is 73.3 Å². The molecule has 0 saturated heterocycles. The third kappa shape index (κ3) is 5.83. The van der Waals surface area contributed by atoms with Gasteiger partial charge in [0, 0.05) is 17.7 Å². The van der Waals surface area contributed by atoms with Crippen molar-refractivity contribution in [3.05, 3.63) is 112 Å². The van der Waals surface area contributed by atoms with Crippen LogP contribution in [0.5, 0.6) is 11.5 Å². The largest absolute Gasteiger partial charge is 0.493 e. The molecule has 0 radical (unpaired) electrons. The van der Waals surface area contributed by atoms with Crippen molar-refractivity contribution in [3.63, 3.8) is 0 Å². The van der Waals surface area contributed by atoms with Crippen LogP contribution in [-0.4, -0.2) is 12.0 Å². The molecule has 0 aromatic heterocycles. The van der Waals surface area contributed by atoms with Gasteiger partial charge in [0.15, 0.2) is 11.5 Å². The summed E-state index contributed by atoms with van der Waals surface area (Å²) >= 11 is 0. The number of methoxy groups -OCH3 is 1. The molecular formula is C26H21FN2O4. The minimum absolute atomic E-state index is 0.00594. The second kappa shape index (κ2) is 10.7. The zero-order valence-electron chi connectivity index (χ0n) is 18.0. The number of nitriles is 1. The van der Waals surface area contributed by atoms with E-state index in [4.69, 9.17) is 9.47 Å². The second-order valence-corrected chi connectivity index (χ2v) is 7.10. The number of hydrogen-bond donors (Lipinski definition) is 0. The number of allylic oxidation sites excluding steroid dienone is 2. The molecule has 0 saturated carbocycles. The van der Waals surface area contributed by atoms with Crippen LogP contribution in [0.2, 0.25) is 0 Å². The highest BCUT2D eigenvalue weighted by Gasteiger charge is 2.14. The van der Waals surface area contributed by atoms with Crippen LogP contribution in [0.4, 0.5) is 10.1 Å². The zero-order chi connectivity index (χ0) is 23.8. The van der Waals surface area contributed by atoms with Crippen LogP contribution in [0.25, 0.3) is 11.6 Å². The molecule has 7 heteroatoms. The van der Waals surface area contributed by atoms with E-state index in [-0.39, 0.29) is 12.3 Å². The van der Waals surface area contributed by atoms with Crippen LogP contribution in [0.3, 0.4) is 0 Å². The maximum Gasteiger partial charge on any atom is 0.269 e. The van der Waals surface area contributed by atoms with Crippen LogP contribution in [0, 0.1) is 27.3 Å². The number of ether oxygens (including phenoxy) is 2. The molecule has 3 rings (SSSR count). The smallest absolute Gasteiger partial charge is 0.269 e. The van der Waals surface area contributed by atoms with Gasteiger partial charge in [-0.1, -0.05) is 18.2 Å². The van der Waals surface area contributed by atoms with Crippen molar-refractivity contribution in [3.8, 4) is 17.6 Å². The average molecular weight is 444 g/mol. The lowest BCUT2D eigenvalue weighted by Gasteiger charge is -2.16. The first-order chi connectivity index (χ1) is 15.9. The molecule has 0 spiro atoms. The number of non-ortho nitro benzene ring substituents is 1. The normalized spacial score (nSPS) is 10.9. The molecule has 166 valence electrons. The van der Waals surface area contributed by atoms with Crippen molar-refractivity contribution in [1.82, 2.24) is 0 Å². The summed E-state index contributed by atoms with van der Waals surface area (Å²) in [6.07, 6.45) is 3.86. The quantitative estimate of drug-likeness (QED) is 0.131. The van der Waals surface area contributed by atoms with E-state index in [1.54, 1.807) is 42.5 Å². The van der Waals surface area contributed by atoms with Gasteiger partial charge in [0.1, 0.15) is 12.4 Å². The third-order valence-electron chi connectivity index (χ3n) is 4.84. The van der Waals surface area contributed by atoms with Gasteiger partial charge in [-0.05, 0) is 65.6 Å². The molecule has 0 unspecified atom stereocenters. The van der Waals surface area contributed by atoms with Crippen LogP contribution < -0.4 is 9.47 Å². The maximum absolute atomic E-state index is 13.6. The van der Waals surface area contributed by atoms with Gasteiger partial charge in [0.25, 0.3) is 5.69 Å². The molecule has 0 amide bonds. The summed E-state index contributed by atoms with van der Waals surface area (Å²) in [6.45, 7) is 3.97. The Kier molecular flexibility index (Phi) is 7.55. The van der Waals surface area contributed by atoms with Crippen LogP contribution in [-0.2, 0) is 13.0 Å². The Morgan fingerprint density at radius 2 is 1.97 bits per heavy atom. The summed E-state index contributed by atoms with van der Waals surface area (Å²) in [5, 5.41) is 20.4. The van der Waals surface area contributed by atoms with Gasteiger partial charge in [0.05, 0.1) is 23.7 Å². The van der Waals surface area contributed by atoms with Gasteiger partial charge < -0.3 is 9.47 Å². The first kappa shape index (κ1) is 23.2. The molecule has 3 aromatic carbocycles. The van der Waals surface area contributed by atoms with E-state index < -0.39 is 10.7 Å². The number of benzene rings is 3. The van der Waals surface area contributed by atoms with Crippen molar-refractivity contribution in [2.75, 3.05) is 7.11 Å². The molecule has 0 fully saturated rings. The lowest BCUT2D eigenvalue weighted by atomic mass is 10.0. The predicted octanol–water partition coefficient (Wildman–Crippen LogP) is 6.11. The standard InChI is InChI=1S/C26H21FN2O4/c1-3-5-21-12-19(13-22(16-28)20-6-4-7-23(27)15-20)14-25(32-2)26(21)33-17-18-8-10-24(11-9-18)29(30)31/h3-4,6-15H,1,5,17H2,2H3/b22-13-. The molecule has 0 aliphatic heterocycles. The zero-order valence-corrected chi connectivity index (χ0v) is 18.0. The van der Waals surface area contributed by atoms with E-state index in [0.717, 1.165) is 11.1 Å². The SMILES string of the molecule is C=CCc1cc(/C=C(/C#N)c2cccc(F)c2)cc(OC)c1OCc1ccc([N+](=O)[O-])cc1. The molecule has 0 bridgehead atoms. The van der Waals surface area contributed by atoms with Gasteiger partial charge in [-0.3, -0.25) is 10.1 Å². The first-order valence-electron chi connectivity index (χ1n) is 10.0. The van der Waals surface area contributed by atoms with E-state index in [2.05, 4.69) is 12.6 Å². The van der Waals surface area contributed by atoms with Crippen LogP contribution in [0.1, 0.15) is 22.3 Å². The number of nitro benzene ring substituents is 1. The number of halogens is 1. The van der Waals surface area contributed by atoms with Crippen molar-refractivity contribution in [2.45, 2.75) is 13.0 Å². The average Bonchev–Trinajstić information content (AvgIpc) is 2.82. The number of rotatable bonds is 9. The second-order valence-electron chi connectivity index (χ2n) is 7.10. The molecular weight excluding hydrogens is 423 g/mol. The van der Waals surface area contributed by atoms with E-state index in [9.17, 15) is 19.8 Å². The van der Waals surface area contributed by atoms with Crippen molar-refractivity contribution in [1.29, 1.82) is 5.26 Å². The summed E-state index contributed by atoms with van der Waals surface area (Å²) in [4.78, 5) is 10.4. The molecule has 0 heterocycles. The van der Waals surface area contributed by atoms with E-state index >= 15 is 0 Å². The fourth-order valence-electron chi connectivity index (χ4n) is 3.26. The number of nitrogens with zero attached hydrogens (tertiary/aromatic N) is 2. The van der Waals surface area contributed by atoms with Gasteiger partial charge in [0.2, 0.25) is 0 Å². The summed E-state index contributed by atoms with van der Waals surface area (Å²) in [5.74, 6) is 0.546. The topological polar surface area (TPSA) is 85.4 Å². The van der Waals surface area contributed by atoms with Crippen LogP contribution >= 0.6 is 0 Å². The highest BCUT2D eigenvalue weighted by atomic mass is 19.1. The van der Waals surface area contributed by atoms with Gasteiger partial charge in [-0.25, -0.2) is 4.39 Å². The Hall–Kier alpha value is -4.44. The van der Waals surface area contributed by atoms with E-state index in [1.807, 2.05) is 6.07 Å². The number of nitro groups is 1. The first-order valence-corrected chi connectivity index (χ1v) is 10.0. The summed E-state index contributed by atoms with van der Waals surface area (Å²) in [5.41, 5.74) is 3.02. The fourth-order valence-corrected chi connectivity index (χ4v) is 3.26. The number of hydrogen-bond acceptors (Lipinski definition) is 5. The Balaban J connectivity index is 1.94. The van der Waals surface area contributed by atoms with Crippen molar-refractivity contribution in [2.24, 2.45) is 0 Å². The van der Waals surface area contributed by atoms with Crippen molar-refractivity contribution >= 4 is 17.3 Å². The van der Waals surface area contributed by atoms with Gasteiger partial charge in [-0.2, -0.15) is 5.26 Å². The Bertz CT molecular complexity index is 1240. The Labute approximate surface area is 191 Å². The molecule has 0 aliphatic carbocycles. The summed E-state index contributed by atoms with van der Waals surface area (Å²) < 4.78 is 25.1. The minimum atomic E-state index is -0.457.